The number of Topliss-reactive ketones (excluding diaryl/α,β-unsaturated/α-hetero) is 1. The van der Waals surface area contributed by atoms with Crippen LogP contribution in [0.5, 0.6) is 0 Å². The Labute approximate surface area is 172 Å². The van der Waals surface area contributed by atoms with E-state index in [1.807, 2.05) is 13.8 Å². The SMILES string of the molecule is CC(=O)c1cccc(NC(=O)CSc2nc3ncccc3c(=O)n2CC(C)C)c1. The van der Waals surface area contributed by atoms with Gasteiger partial charge in [0.1, 0.15) is 0 Å². The zero-order valence-corrected chi connectivity index (χ0v) is 17.3. The number of hydrogen-bond acceptors (Lipinski definition) is 6. The highest BCUT2D eigenvalue weighted by atomic mass is 32.2. The number of carbonyl (C=O) groups excluding carboxylic acids is 2. The van der Waals surface area contributed by atoms with Gasteiger partial charge in [0.15, 0.2) is 16.6 Å². The Morgan fingerprint density at radius 3 is 2.72 bits per heavy atom. The summed E-state index contributed by atoms with van der Waals surface area (Å²) in [7, 11) is 0. The number of hydrogen-bond donors (Lipinski definition) is 1. The highest BCUT2D eigenvalue weighted by molar-refractivity contribution is 7.99. The molecule has 0 aliphatic rings. The number of fused-ring (bicyclic) bond motifs is 1. The number of nitrogens with zero attached hydrogens (tertiary/aromatic N) is 3. The third-order valence-electron chi connectivity index (χ3n) is 4.13. The summed E-state index contributed by atoms with van der Waals surface area (Å²) in [5.41, 5.74) is 1.29. The Balaban J connectivity index is 1.80. The van der Waals surface area contributed by atoms with Gasteiger partial charge >= 0.3 is 0 Å². The Hall–Kier alpha value is -3.00. The average Bonchev–Trinajstić information content (AvgIpc) is 2.69. The highest BCUT2D eigenvalue weighted by Gasteiger charge is 2.15. The van der Waals surface area contributed by atoms with Crippen molar-refractivity contribution in [1.29, 1.82) is 0 Å². The summed E-state index contributed by atoms with van der Waals surface area (Å²) in [5, 5.41) is 3.70. The van der Waals surface area contributed by atoms with Crippen molar-refractivity contribution >= 4 is 40.2 Å². The quantitative estimate of drug-likeness (QED) is 0.365. The van der Waals surface area contributed by atoms with E-state index in [1.165, 1.54) is 18.7 Å². The molecule has 3 rings (SSSR count). The number of benzene rings is 1. The van der Waals surface area contributed by atoms with E-state index in [4.69, 9.17) is 0 Å². The van der Waals surface area contributed by atoms with Crippen molar-refractivity contribution < 1.29 is 9.59 Å². The highest BCUT2D eigenvalue weighted by Crippen LogP contribution is 2.19. The van der Waals surface area contributed by atoms with E-state index in [0.29, 0.717) is 34.0 Å². The monoisotopic (exact) mass is 410 g/mol. The molecule has 2 aromatic heterocycles. The summed E-state index contributed by atoms with van der Waals surface area (Å²) in [6.07, 6.45) is 1.59. The van der Waals surface area contributed by atoms with Crippen molar-refractivity contribution in [1.82, 2.24) is 14.5 Å². The molecular formula is C21H22N4O3S. The smallest absolute Gasteiger partial charge is 0.263 e. The Kier molecular flexibility index (Phi) is 6.43. The molecule has 29 heavy (non-hydrogen) atoms. The van der Waals surface area contributed by atoms with Gasteiger partial charge in [-0.15, -0.1) is 0 Å². The van der Waals surface area contributed by atoms with Crippen molar-refractivity contribution in [2.45, 2.75) is 32.5 Å². The van der Waals surface area contributed by atoms with Crippen LogP contribution in [-0.4, -0.2) is 32.0 Å². The molecule has 1 amide bonds. The van der Waals surface area contributed by atoms with E-state index in [9.17, 15) is 14.4 Å². The molecule has 0 aliphatic heterocycles. The lowest BCUT2D eigenvalue weighted by molar-refractivity contribution is -0.113. The van der Waals surface area contributed by atoms with Crippen LogP contribution in [0.4, 0.5) is 5.69 Å². The standard InChI is InChI=1S/C21H22N4O3S/c1-13(2)11-25-20(28)17-8-5-9-22-19(17)24-21(25)29-12-18(27)23-16-7-4-6-15(10-16)14(3)26/h4-10,13H,11-12H2,1-3H3,(H,23,27). The van der Waals surface area contributed by atoms with Crippen LogP contribution in [0.1, 0.15) is 31.1 Å². The lowest BCUT2D eigenvalue weighted by Crippen LogP contribution is -2.26. The van der Waals surface area contributed by atoms with Gasteiger partial charge in [-0.2, -0.15) is 0 Å². The number of ketones is 1. The van der Waals surface area contributed by atoms with Crippen LogP contribution in [0.15, 0.2) is 52.5 Å². The lowest BCUT2D eigenvalue weighted by atomic mass is 10.1. The molecule has 1 N–H and O–H groups in total. The number of amides is 1. The molecule has 0 saturated heterocycles. The Morgan fingerprint density at radius 2 is 2.00 bits per heavy atom. The number of nitrogens with one attached hydrogen (secondary N) is 1. The second kappa shape index (κ2) is 9.00. The van der Waals surface area contributed by atoms with Gasteiger partial charge in [-0.3, -0.25) is 19.0 Å². The fourth-order valence-electron chi connectivity index (χ4n) is 2.82. The summed E-state index contributed by atoms with van der Waals surface area (Å²) >= 11 is 1.19. The van der Waals surface area contributed by atoms with Gasteiger partial charge in [-0.1, -0.05) is 37.7 Å². The summed E-state index contributed by atoms with van der Waals surface area (Å²) in [5.74, 6) is 0.00186. The van der Waals surface area contributed by atoms with Crippen LogP contribution in [-0.2, 0) is 11.3 Å². The number of carbonyl (C=O) groups is 2. The van der Waals surface area contributed by atoms with Crippen molar-refractivity contribution in [2.75, 3.05) is 11.1 Å². The lowest BCUT2D eigenvalue weighted by Gasteiger charge is -2.14. The van der Waals surface area contributed by atoms with E-state index in [-0.39, 0.29) is 28.9 Å². The number of aromatic nitrogens is 3. The van der Waals surface area contributed by atoms with E-state index in [2.05, 4.69) is 15.3 Å². The van der Waals surface area contributed by atoms with Gasteiger partial charge in [0.25, 0.3) is 5.56 Å². The zero-order valence-electron chi connectivity index (χ0n) is 16.5. The fraction of sp³-hybridized carbons (Fsp3) is 0.286. The van der Waals surface area contributed by atoms with Crippen LogP contribution >= 0.6 is 11.8 Å². The predicted molar refractivity (Wildman–Crippen MR) is 114 cm³/mol. The molecule has 0 saturated carbocycles. The number of pyridine rings is 1. The first-order chi connectivity index (χ1) is 13.8. The summed E-state index contributed by atoms with van der Waals surface area (Å²) in [6.45, 7) is 6.01. The van der Waals surface area contributed by atoms with Crippen molar-refractivity contribution in [3.63, 3.8) is 0 Å². The molecule has 0 aliphatic carbocycles. The average molecular weight is 410 g/mol. The van der Waals surface area contributed by atoms with Crippen LogP contribution in [0.3, 0.4) is 0 Å². The minimum atomic E-state index is -0.248. The molecule has 0 atom stereocenters. The molecule has 0 unspecified atom stereocenters. The minimum absolute atomic E-state index is 0.0685. The summed E-state index contributed by atoms with van der Waals surface area (Å²) in [4.78, 5) is 45.4. The molecule has 150 valence electrons. The third-order valence-corrected chi connectivity index (χ3v) is 5.10. The van der Waals surface area contributed by atoms with Gasteiger partial charge in [0.2, 0.25) is 5.91 Å². The maximum Gasteiger partial charge on any atom is 0.263 e. The number of thioether (sulfide) groups is 1. The minimum Gasteiger partial charge on any atom is -0.325 e. The second-order valence-corrected chi connectivity index (χ2v) is 7.99. The van der Waals surface area contributed by atoms with E-state index >= 15 is 0 Å². The molecule has 0 spiro atoms. The van der Waals surface area contributed by atoms with E-state index in [1.54, 1.807) is 47.2 Å². The van der Waals surface area contributed by atoms with Gasteiger partial charge in [0.05, 0.1) is 11.1 Å². The summed E-state index contributed by atoms with van der Waals surface area (Å²) < 4.78 is 1.60. The van der Waals surface area contributed by atoms with Crippen LogP contribution in [0, 0.1) is 5.92 Å². The Bertz CT molecular complexity index is 1120. The second-order valence-electron chi connectivity index (χ2n) is 7.05. The van der Waals surface area contributed by atoms with E-state index in [0.717, 1.165) is 0 Å². The van der Waals surface area contributed by atoms with Gasteiger partial charge < -0.3 is 5.32 Å². The molecule has 0 fully saturated rings. The first-order valence-electron chi connectivity index (χ1n) is 9.24. The first-order valence-corrected chi connectivity index (χ1v) is 10.2. The zero-order chi connectivity index (χ0) is 21.0. The third kappa shape index (κ3) is 5.08. The van der Waals surface area contributed by atoms with Crippen LogP contribution < -0.4 is 10.9 Å². The predicted octanol–water partition coefficient (Wildman–Crippen LogP) is 3.38. The molecule has 3 aromatic rings. The molecule has 2 heterocycles. The van der Waals surface area contributed by atoms with Gasteiger partial charge in [0, 0.05) is 24.0 Å². The first kappa shape index (κ1) is 20.7. The van der Waals surface area contributed by atoms with Gasteiger partial charge in [-0.25, -0.2) is 9.97 Å². The molecule has 0 radical (unpaired) electrons. The van der Waals surface area contributed by atoms with Crippen LogP contribution in [0.2, 0.25) is 0 Å². The number of anilines is 1. The van der Waals surface area contributed by atoms with Crippen LogP contribution in [0.25, 0.3) is 11.0 Å². The van der Waals surface area contributed by atoms with Crippen molar-refractivity contribution in [3.05, 3.63) is 58.5 Å². The largest absolute Gasteiger partial charge is 0.325 e. The maximum atomic E-state index is 12.9. The number of rotatable bonds is 7. The summed E-state index contributed by atoms with van der Waals surface area (Å²) in [6, 6.07) is 10.2. The fourth-order valence-corrected chi connectivity index (χ4v) is 3.61. The molecular weight excluding hydrogens is 388 g/mol. The molecule has 0 bridgehead atoms. The van der Waals surface area contributed by atoms with E-state index < -0.39 is 0 Å². The molecule has 8 heteroatoms. The van der Waals surface area contributed by atoms with Gasteiger partial charge in [-0.05, 0) is 37.1 Å². The van der Waals surface area contributed by atoms with Crippen molar-refractivity contribution in [3.8, 4) is 0 Å². The van der Waals surface area contributed by atoms with Crippen molar-refractivity contribution in [2.24, 2.45) is 5.92 Å². The maximum absolute atomic E-state index is 12.9. The Morgan fingerprint density at radius 1 is 1.21 bits per heavy atom. The molecule has 1 aromatic carbocycles. The normalized spacial score (nSPS) is 11.0. The molecule has 7 nitrogen and oxygen atoms in total. The topological polar surface area (TPSA) is 94.0 Å².